The molecular formula is C40H41N7O2. The average Bonchev–Trinajstić information content (AvgIpc) is 3.45. The van der Waals surface area contributed by atoms with Crippen molar-refractivity contribution < 1.29 is 9.53 Å². The van der Waals surface area contributed by atoms with Gasteiger partial charge in [-0.25, -0.2) is 9.97 Å². The zero-order valence-corrected chi connectivity index (χ0v) is 27.8. The van der Waals surface area contributed by atoms with Gasteiger partial charge in [0.1, 0.15) is 17.8 Å². The lowest BCUT2D eigenvalue weighted by Gasteiger charge is -2.33. The number of imidazole rings is 1. The van der Waals surface area contributed by atoms with Crippen molar-refractivity contribution >= 4 is 39.2 Å². The van der Waals surface area contributed by atoms with Crippen molar-refractivity contribution in [2.24, 2.45) is 12.8 Å². The number of anilines is 1. The molecule has 0 atom stereocenters. The predicted octanol–water partition coefficient (Wildman–Crippen LogP) is 6.27. The molecule has 1 fully saturated rings. The number of rotatable bonds is 11. The maximum Gasteiger partial charge on any atom is 0.241 e. The Labute approximate surface area is 286 Å². The third kappa shape index (κ3) is 7.32. The number of fused-ring (bicyclic) bond motifs is 2. The first-order chi connectivity index (χ1) is 23.9. The molecule has 1 aliphatic rings. The highest BCUT2D eigenvalue weighted by molar-refractivity contribution is 5.97. The van der Waals surface area contributed by atoms with Gasteiger partial charge in [-0.05, 0) is 65.4 Å². The first-order valence-corrected chi connectivity index (χ1v) is 16.9. The van der Waals surface area contributed by atoms with Gasteiger partial charge in [-0.15, -0.1) is 0 Å². The number of amidine groups is 1. The van der Waals surface area contributed by atoms with Gasteiger partial charge in [0.15, 0.2) is 0 Å². The van der Waals surface area contributed by atoms with E-state index in [-0.39, 0.29) is 17.8 Å². The average molecular weight is 652 g/mol. The number of pyridine rings is 1. The quantitative estimate of drug-likeness (QED) is 0.126. The predicted molar refractivity (Wildman–Crippen MR) is 195 cm³/mol. The first-order valence-electron chi connectivity index (χ1n) is 16.9. The van der Waals surface area contributed by atoms with Gasteiger partial charge in [0, 0.05) is 50.1 Å². The number of carbonyl (C=O) groups is 1. The molecule has 3 N–H and O–H groups in total. The summed E-state index contributed by atoms with van der Waals surface area (Å²) in [6.07, 6.45) is 5.10. The van der Waals surface area contributed by atoms with E-state index >= 15 is 0 Å². The van der Waals surface area contributed by atoms with E-state index in [1.807, 2.05) is 72.6 Å². The number of aromatic nitrogens is 3. The molecule has 0 unspecified atom stereocenters. The van der Waals surface area contributed by atoms with Gasteiger partial charge in [0.25, 0.3) is 0 Å². The summed E-state index contributed by atoms with van der Waals surface area (Å²) in [5, 5.41) is 9.94. The molecule has 1 aliphatic heterocycles. The molecule has 6 aromatic rings. The maximum atomic E-state index is 14.3. The molecule has 1 amide bonds. The Morgan fingerprint density at radius 1 is 0.939 bits per heavy atom. The van der Waals surface area contributed by atoms with Gasteiger partial charge in [-0.3, -0.25) is 15.1 Å². The lowest BCUT2D eigenvalue weighted by Crippen LogP contribution is -2.45. The Bertz CT molecular complexity index is 2080. The minimum Gasteiger partial charge on any atom is -0.474 e. The van der Waals surface area contributed by atoms with Crippen LogP contribution in [0, 0.1) is 5.41 Å². The SMILES string of the molecule is Cn1c(CCc2ccc(C(=N)N)cc2)nc2cc(N(Cc3cccc4ccccc34)C(=O)CN3CCC(Oc4ccccn4)CC3)ccc21. The Morgan fingerprint density at radius 3 is 2.49 bits per heavy atom. The summed E-state index contributed by atoms with van der Waals surface area (Å²) in [6.45, 7) is 2.35. The maximum absolute atomic E-state index is 14.3. The van der Waals surface area contributed by atoms with Crippen molar-refractivity contribution in [3.05, 3.63) is 132 Å². The molecular weight excluding hydrogens is 610 g/mol. The number of nitrogens with zero attached hydrogens (tertiary/aromatic N) is 5. The normalized spacial score (nSPS) is 13.9. The van der Waals surface area contributed by atoms with Crippen LogP contribution in [0.3, 0.4) is 0 Å². The number of piperidine rings is 1. The molecule has 248 valence electrons. The fraction of sp³-hybridized carbons (Fsp3) is 0.250. The van der Waals surface area contributed by atoms with Crippen molar-refractivity contribution in [3.63, 3.8) is 0 Å². The third-order valence-electron chi connectivity index (χ3n) is 9.50. The van der Waals surface area contributed by atoms with Crippen molar-refractivity contribution in [1.82, 2.24) is 19.4 Å². The Balaban J connectivity index is 1.11. The Morgan fingerprint density at radius 2 is 1.71 bits per heavy atom. The van der Waals surface area contributed by atoms with Crippen LogP contribution in [0.1, 0.15) is 35.4 Å². The van der Waals surface area contributed by atoms with E-state index in [0.29, 0.717) is 19.0 Å². The van der Waals surface area contributed by atoms with E-state index in [1.54, 1.807) is 6.20 Å². The van der Waals surface area contributed by atoms with E-state index in [2.05, 4.69) is 56.9 Å². The van der Waals surface area contributed by atoms with Crippen molar-refractivity contribution in [2.75, 3.05) is 24.5 Å². The summed E-state index contributed by atoms with van der Waals surface area (Å²) in [5.41, 5.74) is 11.3. The summed E-state index contributed by atoms with van der Waals surface area (Å²) >= 11 is 0. The lowest BCUT2D eigenvalue weighted by atomic mass is 10.0. The molecule has 0 radical (unpaired) electrons. The van der Waals surface area contributed by atoms with Crippen LogP contribution in [0.25, 0.3) is 21.8 Å². The first kappa shape index (κ1) is 32.0. The summed E-state index contributed by atoms with van der Waals surface area (Å²) in [4.78, 5) is 27.7. The molecule has 3 heterocycles. The van der Waals surface area contributed by atoms with Crippen LogP contribution in [-0.4, -0.2) is 56.9 Å². The van der Waals surface area contributed by atoms with Gasteiger partial charge >= 0.3 is 0 Å². The number of ether oxygens (including phenoxy) is 1. The second-order valence-corrected chi connectivity index (χ2v) is 12.8. The second-order valence-electron chi connectivity index (χ2n) is 12.8. The monoisotopic (exact) mass is 651 g/mol. The van der Waals surface area contributed by atoms with E-state index in [0.717, 1.165) is 88.8 Å². The smallest absolute Gasteiger partial charge is 0.241 e. The zero-order valence-electron chi connectivity index (χ0n) is 27.8. The standard InChI is InChI=1S/C40H41N7O2/c1-45-36-18-17-32(25-35(36)44-37(45)19-14-28-12-15-30(16-13-28)40(41)42)47(26-31-9-6-8-29-7-2-3-10-34(29)31)39(48)27-46-23-20-33(21-24-46)49-38-11-4-5-22-43-38/h2-13,15-18,22,25,33H,14,19-21,23-24,26-27H2,1H3,(H3,41,42). The summed E-state index contributed by atoms with van der Waals surface area (Å²) in [7, 11) is 2.05. The number of aryl methyl sites for hydroxylation is 3. The van der Waals surface area contributed by atoms with Crippen LogP contribution in [-0.2, 0) is 31.2 Å². The molecule has 0 bridgehead atoms. The number of hydrogen-bond donors (Lipinski definition) is 2. The molecule has 2 aromatic heterocycles. The highest BCUT2D eigenvalue weighted by atomic mass is 16.5. The van der Waals surface area contributed by atoms with Crippen LogP contribution in [0.5, 0.6) is 5.88 Å². The minimum atomic E-state index is 0.0570. The van der Waals surface area contributed by atoms with Gasteiger partial charge in [0.2, 0.25) is 11.8 Å². The molecule has 49 heavy (non-hydrogen) atoms. The molecule has 0 spiro atoms. The fourth-order valence-corrected chi connectivity index (χ4v) is 6.71. The van der Waals surface area contributed by atoms with Crippen LogP contribution in [0.4, 0.5) is 5.69 Å². The van der Waals surface area contributed by atoms with E-state index < -0.39 is 0 Å². The van der Waals surface area contributed by atoms with Gasteiger partial charge in [0.05, 0.1) is 24.1 Å². The van der Waals surface area contributed by atoms with E-state index in [4.69, 9.17) is 20.9 Å². The van der Waals surface area contributed by atoms with E-state index in [9.17, 15) is 4.79 Å². The summed E-state index contributed by atoms with van der Waals surface area (Å²) in [6, 6.07) is 34.3. The number of hydrogen-bond acceptors (Lipinski definition) is 6. The van der Waals surface area contributed by atoms with Crippen LogP contribution in [0.2, 0.25) is 0 Å². The molecule has 9 nitrogen and oxygen atoms in total. The third-order valence-corrected chi connectivity index (χ3v) is 9.50. The van der Waals surface area contributed by atoms with Gasteiger partial charge < -0.3 is 19.9 Å². The molecule has 0 saturated carbocycles. The number of benzene rings is 4. The number of likely N-dealkylation sites (tertiary alicyclic amines) is 1. The number of nitrogens with one attached hydrogen (secondary N) is 1. The van der Waals surface area contributed by atoms with Crippen LogP contribution < -0.4 is 15.4 Å². The molecule has 0 aliphatic carbocycles. The molecule has 9 heteroatoms. The number of amides is 1. The topological polar surface area (TPSA) is 113 Å². The summed E-state index contributed by atoms with van der Waals surface area (Å²) < 4.78 is 8.24. The van der Waals surface area contributed by atoms with Crippen LogP contribution in [0.15, 0.2) is 109 Å². The highest BCUT2D eigenvalue weighted by Gasteiger charge is 2.26. The molecule has 4 aromatic carbocycles. The fourth-order valence-electron chi connectivity index (χ4n) is 6.71. The van der Waals surface area contributed by atoms with Crippen molar-refractivity contribution in [1.29, 1.82) is 5.41 Å². The van der Waals surface area contributed by atoms with E-state index in [1.165, 1.54) is 0 Å². The van der Waals surface area contributed by atoms with Gasteiger partial charge in [-0.2, -0.15) is 0 Å². The largest absolute Gasteiger partial charge is 0.474 e. The summed E-state index contributed by atoms with van der Waals surface area (Å²) in [5.74, 6) is 1.75. The van der Waals surface area contributed by atoms with Crippen LogP contribution >= 0.6 is 0 Å². The molecule has 1 saturated heterocycles. The lowest BCUT2D eigenvalue weighted by molar-refractivity contribution is -0.120. The van der Waals surface area contributed by atoms with Crippen molar-refractivity contribution in [3.8, 4) is 5.88 Å². The number of carbonyl (C=O) groups excluding carboxylic acids is 1. The minimum absolute atomic E-state index is 0.0570. The highest BCUT2D eigenvalue weighted by Crippen LogP contribution is 2.28. The number of nitrogens with two attached hydrogens (primary N) is 1. The Hall–Kier alpha value is -5.54. The van der Waals surface area contributed by atoms with Gasteiger partial charge in [-0.1, -0.05) is 72.8 Å². The number of nitrogen functional groups attached to an aromatic ring is 1. The second kappa shape index (κ2) is 14.3. The molecule has 7 rings (SSSR count). The zero-order chi connectivity index (χ0) is 33.7. The Kier molecular flexibility index (Phi) is 9.34. The van der Waals surface area contributed by atoms with Crippen molar-refractivity contribution in [2.45, 2.75) is 38.3 Å².